The van der Waals surface area contributed by atoms with E-state index in [1.165, 1.54) is 19.4 Å². The molecule has 0 radical (unpaired) electrons. The predicted octanol–water partition coefficient (Wildman–Crippen LogP) is 0.0487. The van der Waals surface area contributed by atoms with Crippen molar-refractivity contribution >= 4 is 0 Å². The van der Waals surface area contributed by atoms with Crippen LogP contribution in [-0.4, -0.2) is 62.9 Å². The van der Waals surface area contributed by atoms with Gasteiger partial charge in [0.25, 0.3) is 0 Å². The molecular formula is C12H25N3O. The fourth-order valence-electron chi connectivity index (χ4n) is 2.52. The summed E-state index contributed by atoms with van der Waals surface area (Å²) in [5, 5.41) is 7.05. The molecular weight excluding hydrogens is 202 g/mol. The van der Waals surface area contributed by atoms with Gasteiger partial charge in [0.05, 0.1) is 12.7 Å². The van der Waals surface area contributed by atoms with Crippen molar-refractivity contribution < 1.29 is 4.74 Å². The number of likely N-dealkylation sites (N-methyl/N-ethyl adjacent to an activating group) is 1. The summed E-state index contributed by atoms with van der Waals surface area (Å²) in [5.41, 5.74) is 0. The van der Waals surface area contributed by atoms with Crippen molar-refractivity contribution in [2.24, 2.45) is 0 Å². The molecule has 2 fully saturated rings. The summed E-state index contributed by atoms with van der Waals surface area (Å²) >= 11 is 0. The molecule has 0 aromatic heterocycles. The van der Waals surface area contributed by atoms with Crippen LogP contribution in [0.4, 0.5) is 0 Å². The molecule has 4 heteroatoms. The van der Waals surface area contributed by atoms with Crippen LogP contribution in [0, 0.1) is 0 Å². The number of hydrogen-bond acceptors (Lipinski definition) is 4. The van der Waals surface area contributed by atoms with Crippen molar-refractivity contribution in [1.82, 2.24) is 15.5 Å². The number of hydrogen-bond donors (Lipinski definition) is 2. The van der Waals surface area contributed by atoms with E-state index in [-0.39, 0.29) is 0 Å². The number of nitrogens with zero attached hydrogens (tertiary/aromatic N) is 1. The van der Waals surface area contributed by atoms with Crippen LogP contribution >= 0.6 is 0 Å². The topological polar surface area (TPSA) is 36.5 Å². The van der Waals surface area contributed by atoms with Gasteiger partial charge in [-0.05, 0) is 25.9 Å². The van der Waals surface area contributed by atoms with Gasteiger partial charge in [-0.1, -0.05) is 6.92 Å². The van der Waals surface area contributed by atoms with Crippen LogP contribution in [0.5, 0.6) is 0 Å². The molecule has 0 spiro atoms. The highest BCUT2D eigenvalue weighted by Gasteiger charge is 2.20. The lowest BCUT2D eigenvalue weighted by molar-refractivity contribution is -0.0266. The van der Waals surface area contributed by atoms with Crippen LogP contribution in [0.2, 0.25) is 0 Å². The lowest BCUT2D eigenvalue weighted by Crippen LogP contribution is -2.50. The zero-order valence-corrected chi connectivity index (χ0v) is 10.4. The lowest BCUT2D eigenvalue weighted by atomic mass is 10.1. The maximum Gasteiger partial charge on any atom is 0.0826 e. The molecule has 0 amide bonds. The molecule has 16 heavy (non-hydrogen) atoms. The normalized spacial score (nSPS) is 32.8. The number of ether oxygens (including phenoxy) is 1. The fourth-order valence-corrected chi connectivity index (χ4v) is 2.52. The first-order chi connectivity index (χ1) is 7.88. The number of nitrogens with one attached hydrogen (secondary N) is 2. The fraction of sp³-hybridized carbons (Fsp3) is 1.00. The van der Waals surface area contributed by atoms with Crippen LogP contribution in [0.25, 0.3) is 0 Å². The Morgan fingerprint density at radius 1 is 1.50 bits per heavy atom. The number of piperidine rings is 1. The van der Waals surface area contributed by atoms with Crippen LogP contribution in [0.1, 0.15) is 19.8 Å². The molecule has 2 N–H and O–H groups in total. The van der Waals surface area contributed by atoms with Crippen molar-refractivity contribution in [2.45, 2.75) is 31.9 Å². The van der Waals surface area contributed by atoms with E-state index in [1.807, 2.05) is 0 Å². The third kappa shape index (κ3) is 3.70. The summed E-state index contributed by atoms with van der Waals surface area (Å²) in [6, 6.07) is 0.648. The largest absolute Gasteiger partial charge is 0.374 e. The highest BCUT2D eigenvalue weighted by atomic mass is 16.5. The molecule has 2 aliphatic rings. The van der Waals surface area contributed by atoms with Crippen molar-refractivity contribution in [3.05, 3.63) is 0 Å². The summed E-state index contributed by atoms with van der Waals surface area (Å²) < 4.78 is 5.78. The molecule has 0 aliphatic carbocycles. The second-order valence-electron chi connectivity index (χ2n) is 4.84. The van der Waals surface area contributed by atoms with Crippen molar-refractivity contribution in [3.8, 4) is 0 Å². The molecule has 2 atom stereocenters. The average molecular weight is 227 g/mol. The number of rotatable bonds is 4. The highest BCUT2D eigenvalue weighted by molar-refractivity contribution is 4.79. The lowest BCUT2D eigenvalue weighted by Gasteiger charge is -2.33. The predicted molar refractivity (Wildman–Crippen MR) is 65.7 cm³/mol. The summed E-state index contributed by atoms with van der Waals surface area (Å²) in [6.45, 7) is 9.74. The monoisotopic (exact) mass is 227 g/mol. The van der Waals surface area contributed by atoms with Crippen LogP contribution in [0.3, 0.4) is 0 Å². The smallest absolute Gasteiger partial charge is 0.0826 e. The Balaban J connectivity index is 1.64. The molecule has 4 nitrogen and oxygen atoms in total. The van der Waals surface area contributed by atoms with Gasteiger partial charge in [-0.25, -0.2) is 0 Å². The SMILES string of the molecule is CCN1CCOC(CNC2CCCNC2)C1. The Kier molecular flexibility index (Phi) is 5.03. The highest BCUT2D eigenvalue weighted by Crippen LogP contribution is 2.06. The maximum absolute atomic E-state index is 5.78. The van der Waals surface area contributed by atoms with E-state index < -0.39 is 0 Å². The first-order valence-corrected chi connectivity index (χ1v) is 6.66. The minimum Gasteiger partial charge on any atom is -0.374 e. The van der Waals surface area contributed by atoms with Crippen molar-refractivity contribution in [3.63, 3.8) is 0 Å². The van der Waals surface area contributed by atoms with Crippen molar-refractivity contribution in [2.75, 3.05) is 45.9 Å². The Hall–Kier alpha value is -0.160. The first-order valence-electron chi connectivity index (χ1n) is 6.66. The van der Waals surface area contributed by atoms with Gasteiger partial charge < -0.3 is 15.4 Å². The second-order valence-corrected chi connectivity index (χ2v) is 4.84. The molecule has 2 aliphatic heterocycles. The molecule has 0 saturated carbocycles. The van der Waals surface area contributed by atoms with Crippen LogP contribution < -0.4 is 10.6 Å². The zero-order chi connectivity index (χ0) is 11.2. The summed E-state index contributed by atoms with van der Waals surface area (Å²) in [5.74, 6) is 0. The Morgan fingerprint density at radius 2 is 2.44 bits per heavy atom. The molecule has 0 bridgehead atoms. The standard InChI is InChI=1S/C12H25N3O/c1-2-15-6-7-16-12(10-15)9-14-11-4-3-5-13-8-11/h11-14H,2-10H2,1H3. The first kappa shape index (κ1) is 12.3. The molecule has 0 aromatic carbocycles. The molecule has 2 unspecified atom stereocenters. The zero-order valence-electron chi connectivity index (χ0n) is 10.4. The minimum atomic E-state index is 0.385. The molecule has 0 aromatic rings. The van der Waals surface area contributed by atoms with E-state index in [0.717, 1.165) is 39.3 Å². The summed E-state index contributed by atoms with van der Waals surface area (Å²) in [7, 11) is 0. The van der Waals surface area contributed by atoms with Gasteiger partial charge in [0.15, 0.2) is 0 Å². The molecule has 94 valence electrons. The van der Waals surface area contributed by atoms with E-state index >= 15 is 0 Å². The third-order valence-electron chi connectivity index (χ3n) is 3.60. The third-order valence-corrected chi connectivity index (χ3v) is 3.60. The second kappa shape index (κ2) is 6.55. The maximum atomic E-state index is 5.78. The molecule has 2 heterocycles. The Bertz CT molecular complexity index is 195. The molecule has 2 rings (SSSR count). The van der Waals surface area contributed by atoms with Crippen molar-refractivity contribution in [1.29, 1.82) is 0 Å². The van der Waals surface area contributed by atoms with E-state index in [1.54, 1.807) is 0 Å². The van der Waals surface area contributed by atoms with Gasteiger partial charge >= 0.3 is 0 Å². The average Bonchev–Trinajstić information content (AvgIpc) is 2.38. The van der Waals surface area contributed by atoms with Crippen LogP contribution in [-0.2, 0) is 4.74 Å². The number of morpholine rings is 1. The van der Waals surface area contributed by atoms with Gasteiger partial charge in [-0.2, -0.15) is 0 Å². The Morgan fingerprint density at radius 3 is 3.19 bits per heavy atom. The van der Waals surface area contributed by atoms with Gasteiger partial charge in [0.2, 0.25) is 0 Å². The van der Waals surface area contributed by atoms with Gasteiger partial charge in [-0.3, -0.25) is 4.90 Å². The van der Waals surface area contributed by atoms with Gasteiger partial charge in [-0.15, -0.1) is 0 Å². The quantitative estimate of drug-likeness (QED) is 0.711. The summed E-state index contributed by atoms with van der Waals surface area (Å²) in [4.78, 5) is 2.47. The van der Waals surface area contributed by atoms with E-state index in [4.69, 9.17) is 4.74 Å². The van der Waals surface area contributed by atoms with Gasteiger partial charge in [0, 0.05) is 32.2 Å². The van der Waals surface area contributed by atoms with E-state index in [0.29, 0.717) is 12.1 Å². The van der Waals surface area contributed by atoms with Crippen LogP contribution in [0.15, 0.2) is 0 Å². The molecule has 2 saturated heterocycles. The Labute approximate surface area is 98.7 Å². The van der Waals surface area contributed by atoms with E-state index in [2.05, 4.69) is 22.5 Å². The van der Waals surface area contributed by atoms with E-state index in [9.17, 15) is 0 Å². The summed E-state index contributed by atoms with van der Waals surface area (Å²) in [6.07, 6.45) is 2.98. The van der Waals surface area contributed by atoms with Gasteiger partial charge in [0.1, 0.15) is 0 Å². The minimum absolute atomic E-state index is 0.385.